The Morgan fingerprint density at radius 3 is 1.79 bits per heavy atom. The second-order valence-electron chi connectivity index (χ2n) is 3.03. The molecule has 132 valence electrons. The number of nitrogens with two attached hydrogens (primary N) is 2. The predicted molar refractivity (Wildman–Crippen MR) is 94.4 cm³/mol. The molecular formula is C16H26N6O2. The first-order chi connectivity index (χ1) is 11.8. The van der Waals surface area contributed by atoms with E-state index in [4.69, 9.17) is 21.4 Å². The summed E-state index contributed by atoms with van der Waals surface area (Å²) >= 11 is 0. The lowest BCUT2D eigenvalue weighted by molar-refractivity contribution is 0.311. The third kappa shape index (κ3) is 13.9. The quantitative estimate of drug-likeness (QED) is 0.270. The van der Waals surface area contributed by atoms with Crippen LogP contribution in [0.2, 0.25) is 0 Å². The third-order valence-electron chi connectivity index (χ3n) is 1.81. The summed E-state index contributed by atoms with van der Waals surface area (Å²) in [6.45, 7) is 8.00. The standard InChI is InChI=1S/C6H7N3O.C6H4N2.2C2H6.H3NO/c7-6(9-10)5-3-1-2-4-8-5;7-5-6-3-1-2-4-8-6;3*1-2/h1-4,10H,(H2,7,9);1-4H;2*1-2H3;2H,1H2. The van der Waals surface area contributed by atoms with Crippen molar-refractivity contribution in [1.82, 2.24) is 9.97 Å². The fourth-order valence-electron chi connectivity index (χ4n) is 0.994. The summed E-state index contributed by atoms with van der Waals surface area (Å²) in [5.74, 6) is 3.53. The molecule has 0 spiro atoms. The van der Waals surface area contributed by atoms with Crippen LogP contribution < -0.4 is 11.6 Å². The van der Waals surface area contributed by atoms with Gasteiger partial charge in [-0.05, 0) is 24.3 Å². The number of hydrogen-bond acceptors (Lipinski definition) is 7. The Bertz CT molecular complexity index is 541. The first kappa shape index (κ1) is 25.9. The molecule has 2 aromatic rings. The molecule has 0 bridgehead atoms. The second-order valence-corrected chi connectivity index (χ2v) is 3.03. The highest BCUT2D eigenvalue weighted by molar-refractivity contribution is 5.94. The Kier molecular flexibility index (Phi) is 24.0. The molecule has 0 amide bonds. The van der Waals surface area contributed by atoms with E-state index in [1.807, 2.05) is 33.8 Å². The van der Waals surface area contributed by atoms with E-state index in [2.05, 4.69) is 21.0 Å². The molecule has 0 aliphatic heterocycles. The normalized spacial score (nSPS) is 8.12. The molecule has 2 aromatic heterocycles. The molecular weight excluding hydrogens is 308 g/mol. The topological polar surface area (TPSA) is 154 Å². The van der Waals surface area contributed by atoms with Crippen molar-refractivity contribution >= 4 is 5.84 Å². The maximum atomic E-state index is 8.23. The van der Waals surface area contributed by atoms with Gasteiger partial charge >= 0.3 is 0 Å². The van der Waals surface area contributed by atoms with Gasteiger partial charge in [-0.15, -0.1) is 0 Å². The van der Waals surface area contributed by atoms with Crippen molar-refractivity contribution in [2.45, 2.75) is 27.7 Å². The van der Waals surface area contributed by atoms with Crippen LogP contribution in [0, 0.1) is 11.3 Å². The Balaban J connectivity index is -0.000000284. The van der Waals surface area contributed by atoms with Crippen LogP contribution in [0.15, 0.2) is 53.9 Å². The second kappa shape index (κ2) is 22.3. The molecule has 0 aliphatic rings. The molecule has 0 aliphatic carbocycles. The number of oxime groups is 1. The van der Waals surface area contributed by atoms with Crippen molar-refractivity contribution in [2.24, 2.45) is 16.8 Å². The minimum Gasteiger partial charge on any atom is -0.409 e. The predicted octanol–water partition coefficient (Wildman–Crippen LogP) is 2.52. The van der Waals surface area contributed by atoms with E-state index in [1.54, 1.807) is 48.8 Å². The molecule has 0 aromatic carbocycles. The first-order valence-corrected chi connectivity index (χ1v) is 7.24. The summed E-state index contributed by atoms with van der Waals surface area (Å²) in [5, 5.41) is 25.7. The monoisotopic (exact) mass is 334 g/mol. The van der Waals surface area contributed by atoms with Crippen LogP contribution in [0.4, 0.5) is 0 Å². The molecule has 0 atom stereocenters. The van der Waals surface area contributed by atoms with Crippen LogP contribution in [-0.4, -0.2) is 26.2 Å². The van der Waals surface area contributed by atoms with Gasteiger partial charge in [0.15, 0.2) is 5.84 Å². The van der Waals surface area contributed by atoms with Crippen molar-refractivity contribution in [1.29, 1.82) is 5.26 Å². The van der Waals surface area contributed by atoms with E-state index in [0.717, 1.165) is 0 Å². The van der Waals surface area contributed by atoms with Gasteiger partial charge in [0, 0.05) is 12.4 Å². The molecule has 2 heterocycles. The summed E-state index contributed by atoms with van der Waals surface area (Å²) in [6.07, 6.45) is 3.17. The molecule has 2 rings (SSSR count). The minimum absolute atomic E-state index is 0.0283. The van der Waals surface area contributed by atoms with Gasteiger partial charge in [0.2, 0.25) is 0 Å². The lowest BCUT2D eigenvalue weighted by Crippen LogP contribution is -2.14. The van der Waals surface area contributed by atoms with Gasteiger partial charge in [0.05, 0.1) is 0 Å². The van der Waals surface area contributed by atoms with E-state index in [0.29, 0.717) is 11.4 Å². The largest absolute Gasteiger partial charge is 0.409 e. The fraction of sp³-hybridized carbons (Fsp3) is 0.250. The van der Waals surface area contributed by atoms with Crippen molar-refractivity contribution in [3.63, 3.8) is 0 Å². The van der Waals surface area contributed by atoms with E-state index < -0.39 is 0 Å². The van der Waals surface area contributed by atoms with Crippen molar-refractivity contribution in [3.05, 3.63) is 60.2 Å². The van der Waals surface area contributed by atoms with Gasteiger partial charge in [0.25, 0.3) is 0 Å². The molecule has 0 fully saturated rings. The van der Waals surface area contributed by atoms with Crippen molar-refractivity contribution < 1.29 is 10.4 Å². The van der Waals surface area contributed by atoms with Gasteiger partial charge in [-0.2, -0.15) is 5.26 Å². The molecule has 24 heavy (non-hydrogen) atoms. The Hall–Kier alpha value is -3.02. The van der Waals surface area contributed by atoms with Crippen LogP contribution in [0.3, 0.4) is 0 Å². The van der Waals surface area contributed by atoms with E-state index >= 15 is 0 Å². The number of hydrogen-bond donors (Lipinski definition) is 4. The number of nitrogens with zero attached hydrogens (tertiary/aromatic N) is 4. The Morgan fingerprint density at radius 2 is 1.50 bits per heavy atom. The van der Waals surface area contributed by atoms with E-state index in [1.165, 1.54) is 0 Å². The number of amidine groups is 1. The number of rotatable bonds is 1. The summed E-state index contributed by atoms with van der Waals surface area (Å²) in [5.41, 5.74) is 6.17. The van der Waals surface area contributed by atoms with Crippen molar-refractivity contribution in [3.8, 4) is 6.07 Å². The Labute approximate surface area is 143 Å². The van der Waals surface area contributed by atoms with Crippen LogP contribution in [0.5, 0.6) is 0 Å². The average Bonchev–Trinajstić information content (AvgIpc) is 2.73. The summed E-state index contributed by atoms with van der Waals surface area (Å²) in [7, 11) is 0. The van der Waals surface area contributed by atoms with Gasteiger partial charge < -0.3 is 16.1 Å². The molecule has 0 saturated carbocycles. The zero-order chi connectivity index (χ0) is 19.2. The van der Waals surface area contributed by atoms with Gasteiger partial charge in [0.1, 0.15) is 17.5 Å². The highest BCUT2D eigenvalue weighted by Gasteiger charge is 1.95. The fourth-order valence-corrected chi connectivity index (χ4v) is 0.994. The highest BCUT2D eigenvalue weighted by atomic mass is 16.4. The van der Waals surface area contributed by atoms with E-state index in [9.17, 15) is 0 Å². The van der Waals surface area contributed by atoms with Crippen molar-refractivity contribution in [2.75, 3.05) is 0 Å². The third-order valence-corrected chi connectivity index (χ3v) is 1.81. The van der Waals surface area contributed by atoms with Crippen LogP contribution in [-0.2, 0) is 0 Å². The number of pyridine rings is 2. The SMILES string of the molecule is CC.CC.N#Cc1ccccn1.N/C(=N\O)c1ccccn1.NO. The maximum Gasteiger partial charge on any atom is 0.188 e. The molecule has 6 N–H and O–H groups in total. The van der Waals surface area contributed by atoms with Gasteiger partial charge in [-0.3, -0.25) is 4.98 Å². The minimum atomic E-state index is 0.0283. The van der Waals surface area contributed by atoms with Gasteiger partial charge in [-0.25, -0.2) is 10.9 Å². The Morgan fingerprint density at radius 1 is 1.00 bits per heavy atom. The van der Waals surface area contributed by atoms with E-state index in [-0.39, 0.29) is 5.84 Å². The summed E-state index contributed by atoms with van der Waals surface area (Å²) < 4.78 is 0. The summed E-state index contributed by atoms with van der Waals surface area (Å²) in [4.78, 5) is 7.57. The maximum absolute atomic E-state index is 8.23. The molecule has 8 nitrogen and oxygen atoms in total. The lowest BCUT2D eigenvalue weighted by Gasteiger charge is -1.93. The van der Waals surface area contributed by atoms with Gasteiger partial charge in [-0.1, -0.05) is 45.0 Å². The van der Waals surface area contributed by atoms with Crippen LogP contribution in [0.1, 0.15) is 39.1 Å². The highest BCUT2D eigenvalue weighted by Crippen LogP contribution is 1.90. The number of nitriles is 1. The molecule has 8 heteroatoms. The molecule has 0 radical (unpaired) electrons. The molecule has 0 unspecified atom stereocenters. The first-order valence-electron chi connectivity index (χ1n) is 7.24. The zero-order valence-corrected chi connectivity index (χ0v) is 14.5. The number of aromatic nitrogens is 2. The smallest absolute Gasteiger partial charge is 0.188 e. The molecule has 0 saturated heterocycles. The van der Waals surface area contributed by atoms with Crippen LogP contribution >= 0.6 is 0 Å². The lowest BCUT2D eigenvalue weighted by atomic mass is 10.3. The summed E-state index contributed by atoms with van der Waals surface area (Å²) in [6, 6.07) is 12.3. The zero-order valence-electron chi connectivity index (χ0n) is 14.5. The van der Waals surface area contributed by atoms with Crippen LogP contribution in [0.25, 0.3) is 0 Å². The average molecular weight is 334 g/mol.